The number of hydrogen-bond acceptors (Lipinski definition) is 6. The van der Waals surface area contributed by atoms with Crippen molar-refractivity contribution in [2.45, 2.75) is 25.9 Å². The second kappa shape index (κ2) is 7.87. The number of likely N-dealkylation sites (tertiary alicyclic amines) is 1. The minimum atomic E-state index is -0.160. The van der Waals surface area contributed by atoms with E-state index in [4.69, 9.17) is 0 Å². The minimum absolute atomic E-state index is 0.0284. The zero-order valence-corrected chi connectivity index (χ0v) is 16.3. The Labute approximate surface area is 158 Å². The van der Waals surface area contributed by atoms with Crippen LogP contribution in [0.1, 0.15) is 28.2 Å². The van der Waals surface area contributed by atoms with E-state index in [2.05, 4.69) is 19.9 Å². The summed E-state index contributed by atoms with van der Waals surface area (Å²) in [6.07, 6.45) is 2.59. The van der Waals surface area contributed by atoms with Crippen molar-refractivity contribution >= 4 is 11.9 Å². The van der Waals surface area contributed by atoms with Crippen LogP contribution in [-0.2, 0) is 6.54 Å². The van der Waals surface area contributed by atoms with Gasteiger partial charge in [-0.15, -0.1) is 0 Å². The molecule has 3 heterocycles. The smallest absolute Gasteiger partial charge is 0.255 e. The van der Waals surface area contributed by atoms with Crippen molar-refractivity contribution in [3.05, 3.63) is 51.7 Å². The molecule has 3 rings (SSSR count). The zero-order chi connectivity index (χ0) is 19.6. The average Bonchev–Trinajstić information content (AvgIpc) is 3.11. The summed E-state index contributed by atoms with van der Waals surface area (Å²) in [5, 5.41) is 0. The molecule has 0 saturated carbocycles. The second-order valence-electron chi connectivity index (χ2n) is 7.20. The third kappa shape index (κ3) is 4.33. The number of amides is 1. The molecule has 1 aliphatic heterocycles. The summed E-state index contributed by atoms with van der Waals surface area (Å²) in [5.41, 5.74) is 1.97. The van der Waals surface area contributed by atoms with E-state index in [0.717, 1.165) is 17.8 Å². The van der Waals surface area contributed by atoms with Crippen LogP contribution in [-0.4, -0.2) is 70.9 Å². The first-order valence-corrected chi connectivity index (χ1v) is 9.04. The van der Waals surface area contributed by atoms with E-state index in [1.54, 1.807) is 17.2 Å². The molecule has 0 spiro atoms. The number of aromatic nitrogens is 3. The Morgan fingerprint density at radius 3 is 2.85 bits per heavy atom. The normalized spacial score (nSPS) is 16.8. The number of aryl methyl sites for hydroxylation is 1. The highest BCUT2D eigenvalue weighted by Crippen LogP contribution is 2.19. The molecule has 1 aliphatic rings. The van der Waals surface area contributed by atoms with Crippen molar-refractivity contribution in [3.8, 4) is 0 Å². The van der Waals surface area contributed by atoms with Gasteiger partial charge in [0.2, 0.25) is 5.95 Å². The minimum Gasteiger partial charge on any atom is -0.348 e. The maximum atomic E-state index is 12.8. The molecule has 144 valence electrons. The molecule has 1 saturated heterocycles. The Morgan fingerprint density at radius 1 is 1.37 bits per heavy atom. The molecule has 0 aliphatic carbocycles. The Balaban J connectivity index is 1.66. The Morgan fingerprint density at radius 2 is 2.15 bits per heavy atom. The van der Waals surface area contributed by atoms with Gasteiger partial charge >= 0.3 is 0 Å². The molecule has 2 aromatic heterocycles. The first kappa shape index (κ1) is 19.0. The maximum absolute atomic E-state index is 12.8. The number of hydrogen-bond donors (Lipinski definition) is 1. The molecule has 0 aromatic carbocycles. The topological polar surface area (TPSA) is 85.4 Å². The van der Waals surface area contributed by atoms with Gasteiger partial charge in [-0.05, 0) is 32.5 Å². The lowest BCUT2D eigenvalue weighted by Crippen LogP contribution is -2.37. The number of rotatable bonds is 5. The van der Waals surface area contributed by atoms with Crippen LogP contribution in [0.15, 0.2) is 29.2 Å². The van der Waals surface area contributed by atoms with Gasteiger partial charge < -0.3 is 9.80 Å². The van der Waals surface area contributed by atoms with Crippen LogP contribution >= 0.6 is 0 Å². The number of H-pyrrole nitrogens is 1. The van der Waals surface area contributed by atoms with Crippen molar-refractivity contribution < 1.29 is 4.79 Å². The Bertz CT molecular complexity index is 878. The summed E-state index contributed by atoms with van der Waals surface area (Å²) in [4.78, 5) is 41.8. The van der Waals surface area contributed by atoms with E-state index < -0.39 is 0 Å². The van der Waals surface area contributed by atoms with Crippen molar-refractivity contribution in [1.82, 2.24) is 24.8 Å². The van der Waals surface area contributed by atoms with Crippen LogP contribution in [0, 0.1) is 6.92 Å². The zero-order valence-electron chi connectivity index (χ0n) is 16.3. The monoisotopic (exact) mass is 370 g/mol. The molecule has 27 heavy (non-hydrogen) atoms. The lowest BCUT2D eigenvalue weighted by molar-refractivity contribution is 0.0778. The second-order valence-corrected chi connectivity index (χ2v) is 7.20. The maximum Gasteiger partial charge on any atom is 0.255 e. The first-order valence-electron chi connectivity index (χ1n) is 9.04. The van der Waals surface area contributed by atoms with Crippen molar-refractivity contribution in [3.63, 3.8) is 0 Å². The Kier molecular flexibility index (Phi) is 5.55. The summed E-state index contributed by atoms with van der Waals surface area (Å²) in [6.45, 7) is 3.79. The first-order chi connectivity index (χ1) is 12.8. The van der Waals surface area contributed by atoms with Crippen molar-refractivity contribution in [2.24, 2.45) is 0 Å². The molecular weight excluding hydrogens is 344 g/mol. The van der Waals surface area contributed by atoms with Gasteiger partial charge in [-0.25, -0.2) is 4.98 Å². The van der Waals surface area contributed by atoms with E-state index in [0.29, 0.717) is 31.1 Å². The van der Waals surface area contributed by atoms with Gasteiger partial charge in [0.1, 0.15) is 0 Å². The number of carbonyl (C=O) groups is 1. The quantitative estimate of drug-likeness (QED) is 0.841. The van der Waals surface area contributed by atoms with Crippen LogP contribution < -0.4 is 10.5 Å². The summed E-state index contributed by atoms with van der Waals surface area (Å²) >= 11 is 0. The van der Waals surface area contributed by atoms with Crippen LogP contribution in [0.5, 0.6) is 0 Å². The van der Waals surface area contributed by atoms with Crippen LogP contribution in [0.25, 0.3) is 0 Å². The lowest BCUT2D eigenvalue weighted by Gasteiger charge is -2.25. The summed E-state index contributed by atoms with van der Waals surface area (Å²) < 4.78 is 0. The molecule has 8 nitrogen and oxygen atoms in total. The summed E-state index contributed by atoms with van der Waals surface area (Å²) in [5.74, 6) is 0.571. The highest BCUT2D eigenvalue weighted by Gasteiger charge is 2.30. The van der Waals surface area contributed by atoms with Gasteiger partial charge in [-0.1, -0.05) is 0 Å². The van der Waals surface area contributed by atoms with Crippen LogP contribution in [0.2, 0.25) is 0 Å². The fraction of sp³-hybridized carbons (Fsp3) is 0.474. The molecule has 1 unspecified atom stereocenters. The number of aromatic amines is 1. The highest BCUT2D eigenvalue weighted by molar-refractivity contribution is 5.95. The standard InChI is InChI=1S/C19H26N6O2/c1-13-16(6-5-8-20-13)18(27)25-9-7-15(12-25)24(4)11-14-10-17(26)22-19(21-14)23(2)3/h5-6,8,10,15H,7,9,11-12H2,1-4H3,(H,21,22,26). The summed E-state index contributed by atoms with van der Waals surface area (Å²) in [6, 6.07) is 5.38. The number of nitrogens with zero attached hydrogens (tertiary/aromatic N) is 5. The fourth-order valence-corrected chi connectivity index (χ4v) is 3.34. The molecular formula is C19H26N6O2. The number of nitrogens with one attached hydrogen (secondary N) is 1. The van der Waals surface area contributed by atoms with Crippen molar-refractivity contribution in [2.75, 3.05) is 39.1 Å². The van der Waals surface area contributed by atoms with Crippen LogP contribution in [0.3, 0.4) is 0 Å². The van der Waals surface area contributed by atoms with E-state index in [-0.39, 0.29) is 17.5 Å². The number of pyridine rings is 1. The third-order valence-electron chi connectivity index (χ3n) is 4.93. The fourth-order valence-electron chi connectivity index (χ4n) is 3.34. The SMILES string of the molecule is Cc1ncccc1C(=O)N1CCC(N(C)Cc2cc(=O)[nH]c(N(C)C)n2)C1. The predicted octanol–water partition coefficient (Wildman–Crippen LogP) is 0.886. The molecule has 8 heteroatoms. The summed E-state index contributed by atoms with van der Waals surface area (Å²) in [7, 11) is 5.69. The molecule has 1 N–H and O–H groups in total. The van der Waals surface area contributed by atoms with E-state index in [1.165, 1.54) is 6.07 Å². The molecule has 2 aromatic rings. The van der Waals surface area contributed by atoms with Gasteiger partial charge in [0.05, 0.1) is 11.3 Å². The van der Waals surface area contributed by atoms with Gasteiger partial charge in [0.25, 0.3) is 11.5 Å². The Hall–Kier alpha value is -2.74. The van der Waals surface area contributed by atoms with Crippen molar-refractivity contribution in [1.29, 1.82) is 0 Å². The van der Waals surface area contributed by atoms with Gasteiger partial charge in [0, 0.05) is 57.7 Å². The lowest BCUT2D eigenvalue weighted by atomic mass is 10.2. The molecule has 1 amide bonds. The molecule has 0 radical (unpaired) electrons. The predicted molar refractivity (Wildman–Crippen MR) is 104 cm³/mol. The van der Waals surface area contributed by atoms with E-state index in [9.17, 15) is 9.59 Å². The van der Waals surface area contributed by atoms with Crippen LogP contribution in [0.4, 0.5) is 5.95 Å². The molecule has 0 bridgehead atoms. The van der Waals surface area contributed by atoms with Gasteiger partial charge in [-0.3, -0.25) is 24.5 Å². The average molecular weight is 370 g/mol. The highest BCUT2D eigenvalue weighted by atomic mass is 16.2. The molecule has 1 fully saturated rings. The van der Waals surface area contributed by atoms with Gasteiger partial charge in [0.15, 0.2) is 0 Å². The third-order valence-corrected chi connectivity index (χ3v) is 4.93. The number of carbonyl (C=O) groups excluding carboxylic acids is 1. The van der Waals surface area contributed by atoms with E-state index >= 15 is 0 Å². The van der Waals surface area contributed by atoms with Gasteiger partial charge in [-0.2, -0.15) is 0 Å². The number of anilines is 1. The van der Waals surface area contributed by atoms with E-state index in [1.807, 2.05) is 39.0 Å². The molecule has 1 atom stereocenters. The number of likely N-dealkylation sites (N-methyl/N-ethyl adjacent to an activating group) is 1. The largest absolute Gasteiger partial charge is 0.348 e.